The Kier molecular flexibility index (Phi) is 41.1. The molecule has 0 aromatic heterocycles. The van der Waals surface area contributed by atoms with Gasteiger partial charge in [-0.3, -0.25) is 4.79 Å². The molecule has 0 aliphatic carbocycles. The van der Waals surface area contributed by atoms with E-state index >= 15 is 0 Å². The second kappa shape index (κ2) is 42.0. The first-order valence-corrected chi connectivity index (χ1v) is 17.0. The lowest BCUT2D eigenvalue weighted by Gasteiger charge is -2.09. The zero-order chi connectivity index (χ0) is 33.3. The molecule has 46 heavy (non-hydrogen) atoms. The number of hydrogen-bond acceptors (Lipinski definition) is 14. The number of nitrogens with two attached hydrogens (primary N) is 1. The molecule has 0 heterocycles. The first-order valence-electron chi connectivity index (χ1n) is 17.0. The van der Waals surface area contributed by atoms with Crippen LogP contribution in [0.15, 0.2) is 0 Å². The molecule has 0 amide bonds. The molecule has 14 heteroatoms. The van der Waals surface area contributed by atoms with Gasteiger partial charge in [0.15, 0.2) is 0 Å². The Morgan fingerprint density at radius 3 is 0.913 bits per heavy atom. The topological polar surface area (TPSA) is 154 Å². The van der Waals surface area contributed by atoms with E-state index in [2.05, 4.69) is 6.92 Å². The summed E-state index contributed by atoms with van der Waals surface area (Å²) in [6, 6.07) is 0. The van der Waals surface area contributed by atoms with Gasteiger partial charge in [-0.1, -0.05) is 32.6 Å². The maximum Gasteiger partial charge on any atom is 0.305 e. The molecule has 0 aromatic carbocycles. The lowest BCUT2D eigenvalue weighted by molar-refractivity contribution is -0.145. The summed E-state index contributed by atoms with van der Waals surface area (Å²) in [7, 11) is 0. The molecule has 14 nitrogen and oxygen atoms in total. The third kappa shape index (κ3) is 41.0. The molecule has 276 valence electrons. The quantitative estimate of drug-likeness (QED) is 0.0745. The van der Waals surface area contributed by atoms with Gasteiger partial charge in [0, 0.05) is 13.0 Å². The molecule has 2 N–H and O–H groups in total. The summed E-state index contributed by atoms with van der Waals surface area (Å²) in [4.78, 5) is 11.6. The highest BCUT2D eigenvalue weighted by atomic mass is 16.6. The van der Waals surface area contributed by atoms with E-state index in [4.69, 9.17) is 62.6 Å². The largest absolute Gasteiger partial charge is 0.463 e. The SMILES string of the molecule is CCCCCCCC(=O)OCCOCCOCCOCCOCCOCCOCCOCCOCCOCCOCCOCCN. The molecular weight excluding hydrogens is 606 g/mol. The molecule has 0 aliphatic heterocycles. The average molecular weight is 672 g/mol. The third-order valence-corrected chi connectivity index (χ3v) is 5.96. The number of ether oxygens (including phenoxy) is 12. The minimum absolute atomic E-state index is 0.148. The van der Waals surface area contributed by atoms with Crippen molar-refractivity contribution in [3.63, 3.8) is 0 Å². The Balaban J connectivity index is 3.08. The fourth-order valence-electron chi connectivity index (χ4n) is 3.54. The molecular formula is C32H65NO13. The van der Waals surface area contributed by atoms with Gasteiger partial charge in [-0.2, -0.15) is 0 Å². The molecule has 0 spiro atoms. The van der Waals surface area contributed by atoms with Gasteiger partial charge in [-0.05, 0) is 6.42 Å². The third-order valence-electron chi connectivity index (χ3n) is 5.96. The van der Waals surface area contributed by atoms with Crippen molar-refractivity contribution >= 4 is 5.97 Å². The molecule has 0 atom stereocenters. The molecule has 0 saturated carbocycles. The van der Waals surface area contributed by atoms with Gasteiger partial charge >= 0.3 is 5.97 Å². The lowest BCUT2D eigenvalue weighted by atomic mass is 10.1. The van der Waals surface area contributed by atoms with Crippen LogP contribution in [0.5, 0.6) is 0 Å². The summed E-state index contributed by atoms with van der Waals surface area (Å²) in [6.07, 6.45) is 6.07. The molecule has 0 saturated heterocycles. The predicted molar refractivity (Wildman–Crippen MR) is 172 cm³/mol. The highest BCUT2D eigenvalue weighted by molar-refractivity contribution is 5.69. The summed E-state index contributed by atoms with van der Waals surface area (Å²) < 4.78 is 64.8. The second-order valence-corrected chi connectivity index (χ2v) is 9.91. The maximum atomic E-state index is 11.6. The van der Waals surface area contributed by atoms with Gasteiger partial charge in [0.1, 0.15) is 6.61 Å². The molecule has 0 aromatic rings. The maximum absolute atomic E-state index is 11.6. The van der Waals surface area contributed by atoms with E-state index in [1.165, 1.54) is 19.3 Å². The molecule has 0 fully saturated rings. The van der Waals surface area contributed by atoms with Crippen LogP contribution in [0.4, 0.5) is 0 Å². The Morgan fingerprint density at radius 2 is 0.630 bits per heavy atom. The van der Waals surface area contributed by atoms with E-state index in [9.17, 15) is 4.79 Å². The van der Waals surface area contributed by atoms with E-state index in [1.807, 2.05) is 0 Å². The summed E-state index contributed by atoms with van der Waals surface area (Å²) in [5.74, 6) is -0.148. The second-order valence-electron chi connectivity index (χ2n) is 9.91. The van der Waals surface area contributed by atoms with E-state index in [0.29, 0.717) is 158 Å². The molecule has 0 rings (SSSR count). The smallest absolute Gasteiger partial charge is 0.305 e. The van der Waals surface area contributed by atoms with Crippen LogP contribution in [-0.4, -0.2) is 164 Å². The molecule has 0 unspecified atom stereocenters. The van der Waals surface area contributed by atoms with Crippen molar-refractivity contribution in [2.24, 2.45) is 5.73 Å². The van der Waals surface area contributed by atoms with Crippen molar-refractivity contribution in [1.82, 2.24) is 0 Å². The van der Waals surface area contributed by atoms with Gasteiger partial charge in [-0.25, -0.2) is 0 Å². The highest BCUT2D eigenvalue weighted by Crippen LogP contribution is 2.05. The highest BCUT2D eigenvalue weighted by Gasteiger charge is 2.02. The zero-order valence-corrected chi connectivity index (χ0v) is 28.6. The zero-order valence-electron chi connectivity index (χ0n) is 28.6. The van der Waals surface area contributed by atoms with Crippen LogP contribution in [0.25, 0.3) is 0 Å². The van der Waals surface area contributed by atoms with Crippen molar-refractivity contribution < 1.29 is 61.6 Å². The van der Waals surface area contributed by atoms with Crippen molar-refractivity contribution in [2.45, 2.75) is 45.4 Å². The van der Waals surface area contributed by atoms with E-state index in [0.717, 1.165) is 12.8 Å². The van der Waals surface area contributed by atoms with Crippen LogP contribution in [-0.2, 0) is 61.6 Å². The van der Waals surface area contributed by atoms with E-state index < -0.39 is 0 Å². The van der Waals surface area contributed by atoms with Crippen LogP contribution in [0, 0.1) is 0 Å². The van der Waals surface area contributed by atoms with E-state index in [-0.39, 0.29) is 12.6 Å². The Hall–Kier alpha value is -1.01. The van der Waals surface area contributed by atoms with Gasteiger partial charge in [0.2, 0.25) is 0 Å². The average Bonchev–Trinajstić information content (AvgIpc) is 3.06. The van der Waals surface area contributed by atoms with Crippen molar-refractivity contribution in [1.29, 1.82) is 0 Å². The summed E-state index contributed by atoms with van der Waals surface area (Å²) in [6.45, 7) is 14.0. The first-order chi connectivity index (χ1) is 22.8. The minimum Gasteiger partial charge on any atom is -0.463 e. The lowest BCUT2D eigenvalue weighted by Crippen LogP contribution is -2.16. The van der Waals surface area contributed by atoms with Gasteiger partial charge in [0.05, 0.1) is 145 Å². The van der Waals surface area contributed by atoms with Gasteiger partial charge in [-0.15, -0.1) is 0 Å². The van der Waals surface area contributed by atoms with Crippen LogP contribution >= 0.6 is 0 Å². The Morgan fingerprint density at radius 1 is 0.370 bits per heavy atom. The summed E-state index contributed by atoms with van der Waals surface area (Å²) in [5.41, 5.74) is 5.33. The number of rotatable bonds is 41. The standard InChI is InChI=1S/C32H65NO13/c1-2-3-4-5-6-7-32(34)46-31-30-45-29-28-44-27-26-43-25-24-42-23-22-41-21-20-40-19-18-39-17-16-38-15-14-37-13-12-36-11-10-35-9-8-33/h2-31,33H2,1H3. The monoisotopic (exact) mass is 671 g/mol. The first kappa shape index (κ1) is 45.0. The normalized spacial score (nSPS) is 11.4. The predicted octanol–water partition coefficient (Wildman–Crippen LogP) is 2.03. The minimum atomic E-state index is -0.148. The molecule has 0 radical (unpaired) electrons. The van der Waals surface area contributed by atoms with Gasteiger partial charge < -0.3 is 62.6 Å². The van der Waals surface area contributed by atoms with Crippen LogP contribution in [0.1, 0.15) is 45.4 Å². The number of esters is 1. The van der Waals surface area contributed by atoms with Crippen molar-refractivity contribution in [3.8, 4) is 0 Å². The number of hydrogen-bond donors (Lipinski definition) is 1. The van der Waals surface area contributed by atoms with E-state index in [1.54, 1.807) is 0 Å². The molecule has 0 aliphatic rings. The van der Waals surface area contributed by atoms with Crippen LogP contribution < -0.4 is 5.73 Å². The number of unbranched alkanes of at least 4 members (excludes halogenated alkanes) is 4. The van der Waals surface area contributed by atoms with Crippen molar-refractivity contribution in [3.05, 3.63) is 0 Å². The fraction of sp³-hybridized carbons (Fsp3) is 0.969. The van der Waals surface area contributed by atoms with Crippen LogP contribution in [0.2, 0.25) is 0 Å². The Labute approximate surface area is 277 Å². The van der Waals surface area contributed by atoms with Crippen LogP contribution in [0.3, 0.4) is 0 Å². The number of carbonyl (C=O) groups is 1. The van der Waals surface area contributed by atoms with Crippen molar-refractivity contribution in [2.75, 3.05) is 159 Å². The van der Waals surface area contributed by atoms with Gasteiger partial charge in [0.25, 0.3) is 0 Å². The number of carbonyl (C=O) groups excluding carboxylic acids is 1. The summed E-state index contributed by atoms with van der Waals surface area (Å²) in [5, 5.41) is 0. The summed E-state index contributed by atoms with van der Waals surface area (Å²) >= 11 is 0. The molecule has 0 bridgehead atoms. The fourth-order valence-corrected chi connectivity index (χ4v) is 3.54. The Bertz CT molecular complexity index is 578.